The molecule has 0 saturated heterocycles. The van der Waals surface area contributed by atoms with E-state index in [9.17, 15) is 100.0 Å². The van der Waals surface area contributed by atoms with Crippen LogP contribution in [0.1, 0.15) is 198 Å². The summed E-state index contributed by atoms with van der Waals surface area (Å²) in [5.41, 5.74) is -0.996. The van der Waals surface area contributed by atoms with Crippen molar-refractivity contribution in [3.8, 4) is 46.5 Å². The number of hydrogen-bond acceptors (Lipinski definition) is 34. The Morgan fingerprint density at radius 3 is 0.796 bits per heavy atom. The van der Waals surface area contributed by atoms with Crippen molar-refractivity contribution in [2.75, 3.05) is 165 Å². The molecule has 48 heteroatoms. The molecule has 4 aliphatic heterocycles. The molecule has 0 saturated carbocycles. The van der Waals surface area contributed by atoms with Crippen LogP contribution < -0.4 is 59.2 Å². The average molecular weight is 2050 g/mol. The number of methoxy groups -OCH3 is 4. The van der Waals surface area contributed by atoms with Gasteiger partial charge in [0.1, 0.15) is 51.0 Å². The van der Waals surface area contributed by atoms with Crippen molar-refractivity contribution < 1.29 is 138 Å². The molecule has 8 heterocycles. The van der Waals surface area contributed by atoms with Crippen LogP contribution in [-0.2, 0) is 58.5 Å². The topological polar surface area (TPSA) is 534 Å². The maximum atomic E-state index is 14.8. The van der Waals surface area contributed by atoms with Crippen LogP contribution in [0.25, 0.3) is 0 Å². The fraction of sp³-hybridized carbons (Fsp3) is 0.404. The van der Waals surface area contributed by atoms with Crippen LogP contribution in [0.15, 0.2) is 109 Å². The average Bonchev–Trinajstić information content (AvgIpc) is 1.61. The number of sulfone groups is 4. The molecule has 0 radical (unpaired) electrons. The SMILES string of the molecule is CCOc1nc(C(CS(C)(=O)=O)N2C(=O)c3c(F)ccc(NC(=O)CC(C)C)c3C2=O)ccc1OC.CCOc1nc([C@@H](CS(C)(=O)=O)N2C(=O)c3c(F)ccc(NC(=O)CC(C)C)c3C2=O)ccc1OC.CCOc1nc([C@@H](CS(C)(=O)=O)N2C(=O)c3cccc(NC(=O)CN(C)C)c3C2=O)ccc1OC.CCOc1nc([C@H](CS(C)(=O)=O)N2C(=O)c3cccc(NC(=O)CN(C)C)c3C2=O)ccc1OC. The van der Waals surface area contributed by atoms with Crippen molar-refractivity contribution >= 4 is 133 Å². The van der Waals surface area contributed by atoms with Gasteiger partial charge in [-0.25, -0.2) is 62.4 Å². The summed E-state index contributed by atoms with van der Waals surface area (Å²) >= 11 is 0. The molecule has 4 aliphatic rings. The summed E-state index contributed by atoms with van der Waals surface area (Å²) in [7, 11) is -2.29. The van der Waals surface area contributed by atoms with Crippen LogP contribution in [0.3, 0.4) is 0 Å². The number of amides is 12. The molecule has 8 aromatic rings. The molecule has 4 aromatic carbocycles. The predicted molar refractivity (Wildman–Crippen MR) is 516 cm³/mol. The zero-order valence-electron chi connectivity index (χ0n) is 81.6. The zero-order valence-corrected chi connectivity index (χ0v) is 84.9. The van der Waals surface area contributed by atoms with Crippen molar-refractivity contribution in [3.05, 3.63) is 188 Å². The third-order valence-corrected chi connectivity index (χ3v) is 24.7. The number of fused-ring (bicyclic) bond motifs is 4. The second-order valence-electron chi connectivity index (χ2n) is 34.1. The molecule has 142 heavy (non-hydrogen) atoms. The van der Waals surface area contributed by atoms with Crippen molar-refractivity contribution in [2.24, 2.45) is 11.8 Å². The molecule has 1 unspecified atom stereocenters. The van der Waals surface area contributed by atoms with Gasteiger partial charge in [0, 0.05) is 37.9 Å². The Morgan fingerprint density at radius 1 is 0.331 bits per heavy atom. The number of nitrogens with zero attached hydrogens (tertiary/aromatic N) is 10. The second-order valence-corrected chi connectivity index (χ2v) is 42.8. The smallest absolute Gasteiger partial charge is 0.265 e. The van der Waals surface area contributed by atoms with Gasteiger partial charge in [-0.05, 0) is 165 Å². The quantitative estimate of drug-likeness (QED) is 0.0261. The minimum Gasteiger partial charge on any atom is -0.491 e. The number of carbonyl (C=O) groups is 12. The number of ether oxygens (including phenoxy) is 8. The van der Waals surface area contributed by atoms with Crippen LogP contribution in [0.2, 0.25) is 0 Å². The van der Waals surface area contributed by atoms with E-state index in [0.717, 1.165) is 47.0 Å². The van der Waals surface area contributed by atoms with Crippen molar-refractivity contribution in [2.45, 2.75) is 92.4 Å². The molecular weight excluding hydrogens is 1940 g/mol. The van der Waals surface area contributed by atoms with Crippen LogP contribution in [0.4, 0.5) is 31.5 Å². The molecule has 42 nitrogen and oxygen atoms in total. The van der Waals surface area contributed by atoms with Crippen molar-refractivity contribution in [1.29, 1.82) is 0 Å². The van der Waals surface area contributed by atoms with Gasteiger partial charge in [0.25, 0.3) is 70.8 Å². The predicted octanol–water partition coefficient (Wildman–Crippen LogP) is 8.73. The van der Waals surface area contributed by atoms with E-state index < -0.39 is 168 Å². The summed E-state index contributed by atoms with van der Waals surface area (Å²) in [5.74, 6) is -11.2. The van der Waals surface area contributed by atoms with Gasteiger partial charge in [0.2, 0.25) is 23.6 Å². The lowest BCUT2D eigenvalue weighted by Gasteiger charge is -2.26. The van der Waals surface area contributed by atoms with Crippen LogP contribution >= 0.6 is 0 Å². The Hall–Kier alpha value is -14.1. The Kier molecular flexibility index (Phi) is 37.3. The van der Waals surface area contributed by atoms with E-state index in [1.54, 1.807) is 77.8 Å². The Labute approximate surface area is 819 Å². The van der Waals surface area contributed by atoms with E-state index in [1.165, 1.54) is 113 Å². The first-order chi connectivity index (χ1) is 66.7. The number of imide groups is 4. The van der Waals surface area contributed by atoms with Crippen molar-refractivity contribution in [3.63, 3.8) is 0 Å². The number of halogens is 2. The van der Waals surface area contributed by atoms with E-state index in [2.05, 4.69) is 41.2 Å². The van der Waals surface area contributed by atoms with Gasteiger partial charge in [0.05, 0.1) is 205 Å². The van der Waals surface area contributed by atoms with Gasteiger partial charge in [-0.2, -0.15) is 0 Å². The highest BCUT2D eigenvalue weighted by atomic mass is 32.2. The Morgan fingerprint density at radius 2 is 0.563 bits per heavy atom. The van der Waals surface area contributed by atoms with E-state index in [4.69, 9.17) is 37.9 Å². The van der Waals surface area contributed by atoms with Gasteiger partial charge in [0.15, 0.2) is 23.0 Å². The molecule has 12 rings (SSSR count). The van der Waals surface area contributed by atoms with Crippen LogP contribution in [0, 0.1) is 23.5 Å². The van der Waals surface area contributed by atoms with Crippen molar-refractivity contribution in [1.82, 2.24) is 49.3 Å². The second kappa shape index (κ2) is 47.4. The molecule has 0 fully saturated rings. The highest BCUT2D eigenvalue weighted by molar-refractivity contribution is 7.91. The first-order valence-electron chi connectivity index (χ1n) is 44.0. The first kappa shape index (κ1) is 112. The van der Waals surface area contributed by atoms with E-state index in [1.807, 2.05) is 27.7 Å². The van der Waals surface area contributed by atoms with Gasteiger partial charge in [-0.15, -0.1) is 0 Å². The molecule has 4 N–H and O–H groups in total. The molecular formula is C94H112F2N14O28S4. The standard InChI is InChI=1S/2C24H28FN3O7S.2C23H28N4O7S/c2*1-6-35-22-18(34-4)10-9-15(27-22)17(12-36(5,32)33)28-23(30)20-14(25)7-8-16(21(20)24(28)31)26-19(29)11-13(2)3;2*1-6-34-21-18(33-4)11-10-15(25-21)17(13-35(5,31)32)27-22(29)14-8-7-9-16(20(14)23(27)30)24-19(28)12-26(2)3/h2*7-10,13,17H,6,11-12H2,1-5H3,(H,26,29);2*7-11,17H,6,12-13H2,1-5H3,(H,24,28)/t17-;;2*17-/m1.10/s1. The monoisotopic (exact) mass is 2050 g/mol. The summed E-state index contributed by atoms with van der Waals surface area (Å²) < 4.78 is 171. The molecule has 4 aromatic heterocycles. The largest absolute Gasteiger partial charge is 0.491 e. The van der Waals surface area contributed by atoms with Gasteiger partial charge in [-0.1, -0.05) is 39.8 Å². The summed E-state index contributed by atoms with van der Waals surface area (Å²) in [4.78, 5) is 181. The Bertz CT molecular complexity index is 6330. The van der Waals surface area contributed by atoms with E-state index in [-0.39, 0.29) is 190 Å². The highest BCUT2D eigenvalue weighted by Crippen LogP contribution is 2.44. The maximum absolute atomic E-state index is 14.8. The summed E-state index contributed by atoms with van der Waals surface area (Å²) in [6.07, 6.45) is 4.21. The van der Waals surface area contributed by atoms with Gasteiger partial charge < -0.3 is 69.0 Å². The number of aromatic nitrogens is 4. The lowest BCUT2D eigenvalue weighted by Crippen LogP contribution is -2.38. The summed E-state index contributed by atoms with van der Waals surface area (Å²) in [6, 6.07) is 20.0. The number of anilines is 4. The minimum atomic E-state index is -3.76. The van der Waals surface area contributed by atoms with E-state index >= 15 is 0 Å². The van der Waals surface area contributed by atoms with Gasteiger partial charge in [-0.3, -0.25) is 77.1 Å². The van der Waals surface area contributed by atoms with Crippen LogP contribution in [-0.4, -0.2) is 298 Å². The minimum absolute atomic E-state index is 0.00153. The summed E-state index contributed by atoms with van der Waals surface area (Å²) in [6.45, 7) is 15.4. The molecule has 0 spiro atoms. The normalized spacial score (nSPS) is 14.2. The number of pyridine rings is 4. The number of likely N-dealkylation sites (N-methyl/N-ethyl adjacent to an activating group) is 2. The molecule has 4 atom stereocenters. The summed E-state index contributed by atoms with van der Waals surface area (Å²) in [5, 5.41) is 10.5. The molecule has 764 valence electrons. The number of nitrogens with one attached hydrogen (secondary N) is 4. The molecule has 0 bridgehead atoms. The Balaban J connectivity index is 0.000000211. The highest BCUT2D eigenvalue weighted by Gasteiger charge is 2.51. The fourth-order valence-corrected chi connectivity index (χ4v) is 18.9. The maximum Gasteiger partial charge on any atom is 0.265 e. The number of carbonyl (C=O) groups excluding carboxylic acids is 12. The molecule has 12 amide bonds. The first-order valence-corrected chi connectivity index (χ1v) is 52.3. The zero-order chi connectivity index (χ0) is 105. The third kappa shape index (κ3) is 27.4. The number of rotatable bonds is 40. The lowest BCUT2D eigenvalue weighted by atomic mass is 10.1. The van der Waals surface area contributed by atoms with Crippen LogP contribution in [0.5, 0.6) is 46.5 Å². The van der Waals surface area contributed by atoms with Gasteiger partial charge >= 0.3 is 0 Å². The lowest BCUT2D eigenvalue weighted by molar-refractivity contribution is -0.117. The molecule has 0 aliphatic carbocycles. The number of benzene rings is 4. The third-order valence-electron chi connectivity index (χ3n) is 21.0. The van der Waals surface area contributed by atoms with E-state index in [0.29, 0.717) is 21.3 Å². The number of hydrogen-bond donors (Lipinski definition) is 4. The fourth-order valence-electron chi connectivity index (χ4n) is 15.3.